The highest BCUT2D eigenvalue weighted by atomic mass is 14.2. The minimum Gasteiger partial charge on any atom is -0.0622 e. The summed E-state index contributed by atoms with van der Waals surface area (Å²) in [6, 6.07) is 85.1. The van der Waals surface area contributed by atoms with E-state index in [0.29, 0.717) is 0 Å². The van der Waals surface area contributed by atoms with Crippen molar-refractivity contribution in [2.24, 2.45) is 0 Å². The van der Waals surface area contributed by atoms with Gasteiger partial charge in [-0.2, -0.15) is 0 Å². The van der Waals surface area contributed by atoms with E-state index in [2.05, 4.69) is 231 Å². The third-order valence-electron chi connectivity index (χ3n) is 12.6. The van der Waals surface area contributed by atoms with E-state index in [-0.39, 0.29) is 0 Å². The van der Waals surface area contributed by atoms with Crippen LogP contribution < -0.4 is 0 Å². The zero-order valence-electron chi connectivity index (χ0n) is 32.9. The largest absolute Gasteiger partial charge is 0.0622 e. The maximum Gasteiger partial charge on any atom is -0.00199 e. The van der Waals surface area contributed by atoms with E-state index in [0.717, 1.165) is 0 Å². The van der Waals surface area contributed by atoms with Crippen LogP contribution in [-0.2, 0) is 0 Å². The first kappa shape index (κ1) is 34.3. The van der Waals surface area contributed by atoms with Gasteiger partial charge in [0.15, 0.2) is 0 Å². The van der Waals surface area contributed by atoms with E-state index in [1.165, 1.54) is 120 Å². The summed E-state index contributed by atoms with van der Waals surface area (Å²) in [6.45, 7) is 0. The highest BCUT2D eigenvalue weighted by Crippen LogP contribution is 2.48. The zero-order chi connectivity index (χ0) is 39.6. The second-order valence-corrected chi connectivity index (χ2v) is 15.9. The normalized spacial score (nSPS) is 11.7. The Bertz CT molecular complexity index is 3520. The summed E-state index contributed by atoms with van der Waals surface area (Å²) in [7, 11) is 0. The molecule has 60 heavy (non-hydrogen) atoms. The molecule has 0 aliphatic carbocycles. The van der Waals surface area contributed by atoms with Crippen molar-refractivity contribution in [2.75, 3.05) is 0 Å². The summed E-state index contributed by atoms with van der Waals surface area (Å²) >= 11 is 0. The molecular weight excluding hydrogens is 721 g/mol. The van der Waals surface area contributed by atoms with Gasteiger partial charge >= 0.3 is 0 Å². The van der Waals surface area contributed by atoms with Crippen LogP contribution >= 0.6 is 0 Å². The molecule has 12 aromatic carbocycles. The standard InChI is InChI=1S/C60H38/c1-2-17-40(18-3-1)55-37-44-20-6-7-21-45(44)38-56(55)60-53-28-14-12-26-51(53)58(52-27-13-15-29-54(52)60)42-33-31-41(32-34-42)57-47-22-8-10-24-49(47)59(50-25-11-9-23-48(50)57)46-35-30-39-16-4-5-19-43(39)36-46/h1-38H. The van der Waals surface area contributed by atoms with Crippen LogP contribution in [0.25, 0.3) is 120 Å². The van der Waals surface area contributed by atoms with E-state index in [1.807, 2.05) is 0 Å². The third kappa shape index (κ3) is 5.46. The van der Waals surface area contributed by atoms with Crippen molar-refractivity contribution < 1.29 is 0 Å². The van der Waals surface area contributed by atoms with Crippen LogP contribution in [0, 0.1) is 0 Å². The molecule has 0 fully saturated rings. The lowest BCUT2D eigenvalue weighted by Gasteiger charge is -2.21. The highest BCUT2D eigenvalue weighted by molar-refractivity contribution is 6.24. The molecule has 0 radical (unpaired) electrons. The molecule has 0 saturated carbocycles. The molecule has 0 atom stereocenters. The van der Waals surface area contributed by atoms with E-state index < -0.39 is 0 Å². The Morgan fingerprint density at radius 2 is 0.483 bits per heavy atom. The van der Waals surface area contributed by atoms with Gasteiger partial charge < -0.3 is 0 Å². The van der Waals surface area contributed by atoms with Gasteiger partial charge in [0.25, 0.3) is 0 Å². The van der Waals surface area contributed by atoms with E-state index in [4.69, 9.17) is 0 Å². The monoisotopic (exact) mass is 758 g/mol. The van der Waals surface area contributed by atoms with Crippen molar-refractivity contribution in [1.82, 2.24) is 0 Å². The number of rotatable bonds is 5. The van der Waals surface area contributed by atoms with Crippen LogP contribution in [0.1, 0.15) is 0 Å². The lowest BCUT2D eigenvalue weighted by Crippen LogP contribution is -1.94. The zero-order valence-corrected chi connectivity index (χ0v) is 32.9. The van der Waals surface area contributed by atoms with Gasteiger partial charge in [0.2, 0.25) is 0 Å². The van der Waals surface area contributed by atoms with Gasteiger partial charge in [-0.3, -0.25) is 0 Å². The maximum absolute atomic E-state index is 2.40. The first-order chi connectivity index (χ1) is 29.8. The molecule has 0 amide bonds. The Balaban J connectivity index is 1.07. The average Bonchev–Trinajstić information content (AvgIpc) is 3.32. The molecule has 0 aliphatic rings. The molecule has 0 heteroatoms. The fourth-order valence-electron chi connectivity index (χ4n) is 9.93. The average molecular weight is 759 g/mol. The fourth-order valence-corrected chi connectivity index (χ4v) is 9.93. The number of fused-ring (bicyclic) bond motifs is 6. The lowest BCUT2D eigenvalue weighted by atomic mass is 9.82. The minimum atomic E-state index is 1.21. The molecule has 0 aromatic heterocycles. The summed E-state index contributed by atoms with van der Waals surface area (Å²) < 4.78 is 0. The summed E-state index contributed by atoms with van der Waals surface area (Å²) in [4.78, 5) is 0. The molecule has 0 spiro atoms. The van der Waals surface area contributed by atoms with Crippen LogP contribution in [0.15, 0.2) is 231 Å². The van der Waals surface area contributed by atoms with Crippen LogP contribution in [0.2, 0.25) is 0 Å². The molecule has 0 nitrogen and oxygen atoms in total. The second kappa shape index (κ2) is 13.9. The topological polar surface area (TPSA) is 0 Å². The molecule has 0 saturated heterocycles. The van der Waals surface area contributed by atoms with E-state index in [9.17, 15) is 0 Å². The number of hydrogen-bond acceptors (Lipinski definition) is 0. The summed E-state index contributed by atoms with van der Waals surface area (Å²) in [5.41, 5.74) is 12.5. The van der Waals surface area contributed by atoms with Crippen LogP contribution in [0.5, 0.6) is 0 Å². The Labute approximate surface area is 349 Å². The van der Waals surface area contributed by atoms with Gasteiger partial charge in [0.1, 0.15) is 0 Å². The predicted molar refractivity (Wildman–Crippen MR) is 259 cm³/mol. The first-order valence-electron chi connectivity index (χ1n) is 20.8. The molecular formula is C60H38. The van der Waals surface area contributed by atoms with Crippen LogP contribution in [0.4, 0.5) is 0 Å². The third-order valence-corrected chi connectivity index (χ3v) is 12.6. The Morgan fingerprint density at radius 3 is 0.933 bits per heavy atom. The Hall–Kier alpha value is -7.80. The quantitative estimate of drug-likeness (QED) is 0.153. The van der Waals surface area contributed by atoms with Crippen molar-refractivity contribution in [3.05, 3.63) is 231 Å². The highest BCUT2D eigenvalue weighted by Gasteiger charge is 2.21. The maximum atomic E-state index is 2.40. The Kier molecular flexibility index (Phi) is 7.96. The van der Waals surface area contributed by atoms with Gasteiger partial charge in [-0.05, 0) is 138 Å². The van der Waals surface area contributed by atoms with Gasteiger partial charge in [-0.1, -0.05) is 212 Å². The van der Waals surface area contributed by atoms with Gasteiger partial charge in [0.05, 0.1) is 0 Å². The summed E-state index contributed by atoms with van der Waals surface area (Å²) in [5.74, 6) is 0. The van der Waals surface area contributed by atoms with Crippen LogP contribution in [0.3, 0.4) is 0 Å². The van der Waals surface area contributed by atoms with Crippen molar-refractivity contribution in [2.45, 2.75) is 0 Å². The second-order valence-electron chi connectivity index (χ2n) is 15.9. The molecule has 0 N–H and O–H groups in total. The van der Waals surface area contributed by atoms with Crippen molar-refractivity contribution in [3.63, 3.8) is 0 Å². The molecule has 12 aromatic rings. The molecule has 0 heterocycles. The first-order valence-corrected chi connectivity index (χ1v) is 20.8. The minimum absolute atomic E-state index is 1.21. The molecule has 0 aliphatic heterocycles. The molecule has 12 rings (SSSR count). The molecule has 278 valence electrons. The fraction of sp³-hybridized carbons (Fsp3) is 0. The van der Waals surface area contributed by atoms with Crippen molar-refractivity contribution >= 4 is 64.6 Å². The van der Waals surface area contributed by atoms with Gasteiger partial charge in [-0.25, -0.2) is 0 Å². The lowest BCUT2D eigenvalue weighted by molar-refractivity contribution is 1.62. The van der Waals surface area contributed by atoms with E-state index in [1.54, 1.807) is 0 Å². The van der Waals surface area contributed by atoms with Gasteiger partial charge in [0, 0.05) is 0 Å². The predicted octanol–water partition coefficient (Wildman–Crippen LogP) is 16.9. The number of benzene rings is 12. The van der Waals surface area contributed by atoms with Crippen molar-refractivity contribution in [3.8, 4) is 55.6 Å². The van der Waals surface area contributed by atoms with Crippen LogP contribution in [-0.4, -0.2) is 0 Å². The van der Waals surface area contributed by atoms with Crippen molar-refractivity contribution in [1.29, 1.82) is 0 Å². The summed E-state index contributed by atoms with van der Waals surface area (Å²) in [5, 5.41) is 15.1. The van der Waals surface area contributed by atoms with E-state index >= 15 is 0 Å². The number of hydrogen-bond donors (Lipinski definition) is 0. The summed E-state index contributed by atoms with van der Waals surface area (Å²) in [6.07, 6.45) is 0. The molecule has 0 bridgehead atoms. The smallest absolute Gasteiger partial charge is 0.00199 e. The molecule has 0 unspecified atom stereocenters. The SMILES string of the molecule is c1ccc(-c2cc3ccccc3cc2-c2c3ccccc3c(-c3ccc(-c4c5ccccc5c(-c5ccc6ccccc6c5)c5ccccc45)cc3)c3ccccc23)cc1. The Morgan fingerprint density at radius 1 is 0.167 bits per heavy atom. The van der Waals surface area contributed by atoms with Gasteiger partial charge in [-0.15, -0.1) is 0 Å².